The average Bonchev–Trinajstić information content (AvgIpc) is 3.69. The largest absolute Gasteiger partial charge is 0.455 e. The minimum atomic E-state index is 0.851. The van der Waals surface area contributed by atoms with Gasteiger partial charge in [0, 0.05) is 21.7 Å². The van der Waals surface area contributed by atoms with Crippen molar-refractivity contribution in [3.05, 3.63) is 224 Å². The van der Waals surface area contributed by atoms with Gasteiger partial charge < -0.3 is 9.32 Å². The minimum absolute atomic E-state index is 0.851. The van der Waals surface area contributed by atoms with Crippen molar-refractivity contribution < 1.29 is 4.42 Å². The molecule has 1 aromatic heterocycles. The van der Waals surface area contributed by atoms with Gasteiger partial charge >= 0.3 is 0 Å². The fraction of sp³-hybridized carbons (Fsp3) is 0. The van der Waals surface area contributed by atoms with Gasteiger partial charge in [0.15, 0.2) is 0 Å². The third-order valence-corrected chi connectivity index (χ3v) is 11.5. The van der Waals surface area contributed by atoms with E-state index in [0.29, 0.717) is 0 Å². The summed E-state index contributed by atoms with van der Waals surface area (Å²) in [6, 6.07) is 80.6. The van der Waals surface area contributed by atoms with Gasteiger partial charge in [-0.1, -0.05) is 194 Å². The van der Waals surface area contributed by atoms with Gasteiger partial charge in [0.2, 0.25) is 0 Å². The number of rotatable bonds is 7. The van der Waals surface area contributed by atoms with Crippen LogP contribution in [0.5, 0.6) is 0 Å². The SMILES string of the molecule is c1ccc(-c2ccc(-c3ccccc3N(c3cccc4ccccc34)c3cccc4oc5c6ccccc6c(-c6ccc(-c7ccccc7)cc6)cc5c34)cc2)cc1. The first kappa shape index (κ1) is 33.6. The first-order chi connectivity index (χ1) is 28.8. The van der Waals surface area contributed by atoms with Gasteiger partial charge in [-0.15, -0.1) is 0 Å². The Balaban J connectivity index is 1.16. The Hall–Kier alpha value is -7.68. The molecular formula is C56H37NO. The maximum atomic E-state index is 6.93. The zero-order chi connectivity index (χ0) is 38.4. The van der Waals surface area contributed by atoms with Crippen molar-refractivity contribution >= 4 is 60.5 Å². The molecule has 0 N–H and O–H groups in total. The molecule has 0 aliphatic rings. The molecule has 2 heteroatoms. The molecule has 0 spiro atoms. The number of fused-ring (bicyclic) bond motifs is 6. The standard InChI is InChI=1S/C56H37NO/c1-3-15-38(16-4-1)40-29-33-43(34-30-40)46-22-11-12-25-51(46)57(52-26-13-20-42-19-7-8-21-45(42)52)53-27-14-28-54-55(53)50-37-49(47-23-9-10-24-48(47)56(50)58-54)44-35-31-41(32-36-44)39-17-5-2-6-18-39/h1-37H. The quantitative estimate of drug-likeness (QED) is 0.162. The number of benzene rings is 10. The molecule has 11 aromatic rings. The van der Waals surface area contributed by atoms with Crippen LogP contribution >= 0.6 is 0 Å². The van der Waals surface area contributed by atoms with E-state index in [0.717, 1.165) is 55.5 Å². The van der Waals surface area contributed by atoms with E-state index in [9.17, 15) is 0 Å². The smallest absolute Gasteiger partial charge is 0.143 e. The van der Waals surface area contributed by atoms with Crippen LogP contribution in [0.15, 0.2) is 229 Å². The Morgan fingerprint density at radius 3 is 1.48 bits per heavy atom. The van der Waals surface area contributed by atoms with Crippen LogP contribution in [0.4, 0.5) is 17.1 Å². The van der Waals surface area contributed by atoms with Crippen molar-refractivity contribution in [1.29, 1.82) is 0 Å². The number of nitrogens with zero attached hydrogens (tertiary/aromatic N) is 1. The average molecular weight is 740 g/mol. The van der Waals surface area contributed by atoms with Gasteiger partial charge in [0.25, 0.3) is 0 Å². The number of hydrogen-bond acceptors (Lipinski definition) is 2. The molecule has 0 saturated heterocycles. The minimum Gasteiger partial charge on any atom is -0.455 e. The summed E-state index contributed by atoms with van der Waals surface area (Å²) >= 11 is 0. The van der Waals surface area contributed by atoms with E-state index in [1.165, 1.54) is 49.5 Å². The molecular weight excluding hydrogens is 703 g/mol. The molecule has 0 saturated carbocycles. The van der Waals surface area contributed by atoms with Crippen LogP contribution in [0.1, 0.15) is 0 Å². The van der Waals surface area contributed by atoms with Gasteiger partial charge in [-0.3, -0.25) is 0 Å². The molecule has 272 valence electrons. The Bertz CT molecular complexity index is 3250. The fourth-order valence-corrected chi connectivity index (χ4v) is 8.71. The summed E-state index contributed by atoms with van der Waals surface area (Å²) in [4.78, 5) is 2.45. The van der Waals surface area contributed by atoms with Crippen molar-refractivity contribution in [2.75, 3.05) is 4.90 Å². The topological polar surface area (TPSA) is 16.4 Å². The van der Waals surface area contributed by atoms with E-state index >= 15 is 0 Å². The lowest BCUT2D eigenvalue weighted by Crippen LogP contribution is -2.12. The molecule has 0 unspecified atom stereocenters. The van der Waals surface area contributed by atoms with Crippen molar-refractivity contribution in [3.8, 4) is 44.5 Å². The van der Waals surface area contributed by atoms with Crippen LogP contribution in [-0.2, 0) is 0 Å². The van der Waals surface area contributed by atoms with E-state index in [-0.39, 0.29) is 0 Å². The van der Waals surface area contributed by atoms with E-state index in [4.69, 9.17) is 4.42 Å². The van der Waals surface area contributed by atoms with Crippen molar-refractivity contribution in [3.63, 3.8) is 0 Å². The highest BCUT2D eigenvalue weighted by atomic mass is 16.3. The molecule has 11 rings (SSSR count). The highest BCUT2D eigenvalue weighted by Gasteiger charge is 2.24. The summed E-state index contributed by atoms with van der Waals surface area (Å²) < 4.78 is 6.93. The third kappa shape index (κ3) is 5.74. The number of anilines is 3. The molecule has 0 fully saturated rings. The molecule has 2 nitrogen and oxygen atoms in total. The lowest BCUT2D eigenvalue weighted by atomic mass is 9.93. The normalized spacial score (nSPS) is 11.4. The Morgan fingerprint density at radius 2 is 0.776 bits per heavy atom. The number of hydrogen-bond donors (Lipinski definition) is 0. The number of furan rings is 1. The van der Waals surface area contributed by atoms with Gasteiger partial charge in [-0.2, -0.15) is 0 Å². The first-order valence-corrected chi connectivity index (χ1v) is 19.8. The summed E-state index contributed by atoms with van der Waals surface area (Å²) in [7, 11) is 0. The molecule has 0 aliphatic heterocycles. The zero-order valence-electron chi connectivity index (χ0n) is 31.7. The highest BCUT2D eigenvalue weighted by molar-refractivity contribution is 6.23. The van der Waals surface area contributed by atoms with Crippen LogP contribution in [0.3, 0.4) is 0 Å². The van der Waals surface area contributed by atoms with E-state index in [1.54, 1.807) is 0 Å². The van der Waals surface area contributed by atoms with Crippen LogP contribution in [0.25, 0.3) is 88.0 Å². The molecule has 58 heavy (non-hydrogen) atoms. The Morgan fingerprint density at radius 1 is 0.293 bits per heavy atom. The summed E-state index contributed by atoms with van der Waals surface area (Å²) in [5, 5.41) is 6.78. The summed E-state index contributed by atoms with van der Waals surface area (Å²) in [5.74, 6) is 0. The molecule has 0 amide bonds. The van der Waals surface area contributed by atoms with Crippen molar-refractivity contribution in [1.82, 2.24) is 0 Å². The molecule has 0 bridgehead atoms. The van der Waals surface area contributed by atoms with Crippen molar-refractivity contribution in [2.24, 2.45) is 0 Å². The van der Waals surface area contributed by atoms with Crippen LogP contribution in [-0.4, -0.2) is 0 Å². The first-order valence-electron chi connectivity index (χ1n) is 19.8. The summed E-state index contributed by atoms with van der Waals surface area (Å²) in [5.41, 5.74) is 14.4. The lowest BCUT2D eigenvalue weighted by molar-refractivity contribution is 0.672. The Labute approximate surface area is 337 Å². The van der Waals surface area contributed by atoms with Gasteiger partial charge in [-0.25, -0.2) is 0 Å². The molecule has 1 heterocycles. The predicted octanol–water partition coefficient (Wildman–Crippen LogP) is 16.0. The molecule has 0 aliphatic carbocycles. The highest BCUT2D eigenvalue weighted by Crippen LogP contribution is 2.49. The van der Waals surface area contributed by atoms with E-state index < -0.39 is 0 Å². The van der Waals surface area contributed by atoms with Gasteiger partial charge in [0.05, 0.1) is 22.4 Å². The summed E-state index contributed by atoms with van der Waals surface area (Å²) in [6.07, 6.45) is 0. The van der Waals surface area contributed by atoms with E-state index in [1.807, 2.05) is 0 Å². The maximum Gasteiger partial charge on any atom is 0.143 e. The lowest BCUT2D eigenvalue weighted by Gasteiger charge is -2.29. The van der Waals surface area contributed by atoms with Crippen LogP contribution in [0, 0.1) is 0 Å². The molecule has 0 radical (unpaired) electrons. The second kappa shape index (κ2) is 14.1. The molecule has 10 aromatic carbocycles. The van der Waals surface area contributed by atoms with Crippen LogP contribution < -0.4 is 4.90 Å². The molecule has 0 atom stereocenters. The second-order valence-corrected chi connectivity index (χ2v) is 14.8. The van der Waals surface area contributed by atoms with Crippen molar-refractivity contribution in [2.45, 2.75) is 0 Å². The number of para-hydroxylation sites is 1. The second-order valence-electron chi connectivity index (χ2n) is 14.8. The third-order valence-electron chi connectivity index (χ3n) is 11.5. The zero-order valence-corrected chi connectivity index (χ0v) is 31.7. The monoisotopic (exact) mass is 739 g/mol. The fourth-order valence-electron chi connectivity index (χ4n) is 8.71. The maximum absolute atomic E-state index is 6.93. The van der Waals surface area contributed by atoms with Crippen LogP contribution in [0.2, 0.25) is 0 Å². The predicted molar refractivity (Wildman–Crippen MR) is 245 cm³/mol. The van der Waals surface area contributed by atoms with Gasteiger partial charge in [-0.05, 0) is 80.0 Å². The van der Waals surface area contributed by atoms with E-state index in [2.05, 4.69) is 229 Å². The Kier molecular flexibility index (Phi) is 8.19. The van der Waals surface area contributed by atoms with Gasteiger partial charge in [0.1, 0.15) is 11.2 Å². The summed E-state index contributed by atoms with van der Waals surface area (Å²) in [6.45, 7) is 0.